The van der Waals surface area contributed by atoms with Gasteiger partial charge in [0.25, 0.3) is 11.8 Å². The molecule has 0 saturated heterocycles. The molecule has 0 bridgehead atoms. The lowest BCUT2D eigenvalue weighted by molar-refractivity contribution is -0.154. The van der Waals surface area contributed by atoms with Gasteiger partial charge < -0.3 is 15.8 Å². The maximum absolute atomic E-state index is 13.8. The number of primary amides is 1. The molecule has 6 nitrogen and oxygen atoms in total. The average molecular weight is 410 g/mol. The summed E-state index contributed by atoms with van der Waals surface area (Å²) in [6.07, 6.45) is -3.78. The Morgan fingerprint density at radius 3 is 2.41 bits per heavy atom. The fourth-order valence-electron chi connectivity index (χ4n) is 1.83. The molecule has 0 saturated carbocycles. The highest BCUT2D eigenvalue weighted by Crippen LogP contribution is 2.26. The van der Waals surface area contributed by atoms with Gasteiger partial charge in [0, 0.05) is 12.3 Å². The highest BCUT2D eigenvalue weighted by atomic mass is 35.5. The average Bonchev–Trinajstić information content (AvgIpc) is 2.54. The van der Waals surface area contributed by atoms with Gasteiger partial charge >= 0.3 is 6.18 Å². The molecule has 1 heterocycles. The molecule has 27 heavy (non-hydrogen) atoms. The van der Waals surface area contributed by atoms with Gasteiger partial charge in [-0.1, -0.05) is 11.6 Å². The van der Waals surface area contributed by atoms with Crippen LogP contribution in [0.3, 0.4) is 0 Å². The van der Waals surface area contributed by atoms with Gasteiger partial charge in [-0.15, -0.1) is 0 Å². The summed E-state index contributed by atoms with van der Waals surface area (Å²) < 4.78 is 67.9. The van der Waals surface area contributed by atoms with E-state index in [0.717, 1.165) is 12.3 Å². The van der Waals surface area contributed by atoms with Crippen molar-refractivity contribution in [3.8, 4) is 5.88 Å². The Labute approximate surface area is 153 Å². The van der Waals surface area contributed by atoms with E-state index >= 15 is 0 Å². The molecule has 3 N–H and O–H groups in total. The van der Waals surface area contributed by atoms with Gasteiger partial charge in [-0.25, -0.2) is 13.8 Å². The van der Waals surface area contributed by atoms with Gasteiger partial charge in [-0.05, 0) is 12.1 Å². The smallest absolute Gasteiger partial charge is 0.422 e. The van der Waals surface area contributed by atoms with Crippen LogP contribution >= 0.6 is 11.6 Å². The maximum Gasteiger partial charge on any atom is 0.422 e. The molecule has 2 rings (SSSR count). The Kier molecular flexibility index (Phi) is 5.84. The van der Waals surface area contributed by atoms with E-state index in [4.69, 9.17) is 17.3 Å². The number of carbonyl (C=O) groups excluding carboxylic acids is 2. The summed E-state index contributed by atoms with van der Waals surface area (Å²) in [5, 5.41) is 1.65. The van der Waals surface area contributed by atoms with Gasteiger partial charge in [-0.2, -0.15) is 13.2 Å². The lowest BCUT2D eigenvalue weighted by Gasteiger charge is -2.11. The highest BCUT2D eigenvalue weighted by Gasteiger charge is 2.29. The number of halogens is 6. The largest absolute Gasteiger partial charge is 0.467 e. The zero-order chi connectivity index (χ0) is 20.4. The summed E-state index contributed by atoms with van der Waals surface area (Å²) in [6, 6.07) is 1.99. The predicted molar refractivity (Wildman–Crippen MR) is 83.6 cm³/mol. The van der Waals surface area contributed by atoms with Gasteiger partial charge in [-0.3, -0.25) is 9.59 Å². The van der Waals surface area contributed by atoms with Crippen LogP contribution in [-0.2, 0) is 0 Å². The first-order chi connectivity index (χ1) is 12.5. The molecular weight excluding hydrogens is 401 g/mol. The lowest BCUT2D eigenvalue weighted by Crippen LogP contribution is -2.20. The van der Waals surface area contributed by atoms with Crippen molar-refractivity contribution < 1.29 is 36.3 Å². The first-order valence-corrected chi connectivity index (χ1v) is 7.31. The van der Waals surface area contributed by atoms with Crippen molar-refractivity contribution in [2.24, 2.45) is 5.73 Å². The fourth-order valence-corrected chi connectivity index (χ4v) is 2.05. The number of nitrogens with one attached hydrogen (secondary N) is 1. The van der Waals surface area contributed by atoms with E-state index in [2.05, 4.69) is 9.72 Å². The first kappa shape index (κ1) is 20.4. The van der Waals surface area contributed by atoms with Gasteiger partial charge in [0.2, 0.25) is 5.88 Å². The van der Waals surface area contributed by atoms with Crippen LogP contribution < -0.4 is 15.8 Å². The number of carbonyl (C=O) groups is 2. The van der Waals surface area contributed by atoms with Crippen LogP contribution in [0.2, 0.25) is 5.02 Å². The Balaban J connectivity index is 2.20. The summed E-state index contributed by atoms with van der Waals surface area (Å²) in [6.45, 7) is -1.64. The minimum Gasteiger partial charge on any atom is -0.467 e. The molecule has 0 aliphatic rings. The Hall–Kier alpha value is -2.95. The second-order valence-electron chi connectivity index (χ2n) is 5.05. The van der Waals surface area contributed by atoms with Crippen LogP contribution in [0.5, 0.6) is 5.88 Å². The van der Waals surface area contributed by atoms with Gasteiger partial charge in [0.1, 0.15) is 16.7 Å². The van der Waals surface area contributed by atoms with Crippen molar-refractivity contribution in [1.29, 1.82) is 0 Å². The predicted octanol–water partition coefficient (Wildman–Crippen LogP) is 3.31. The fraction of sp³-hybridized carbons (Fsp3) is 0.133. The second kappa shape index (κ2) is 7.74. The van der Waals surface area contributed by atoms with Crippen molar-refractivity contribution in [1.82, 2.24) is 4.98 Å². The minimum atomic E-state index is -4.61. The van der Waals surface area contributed by atoms with Crippen LogP contribution in [0.1, 0.15) is 20.7 Å². The molecule has 0 unspecified atom stereocenters. The van der Waals surface area contributed by atoms with Crippen molar-refractivity contribution >= 4 is 29.1 Å². The van der Waals surface area contributed by atoms with E-state index in [9.17, 15) is 31.5 Å². The van der Waals surface area contributed by atoms with Crippen LogP contribution in [0.15, 0.2) is 24.4 Å². The Morgan fingerprint density at radius 2 is 1.85 bits per heavy atom. The maximum atomic E-state index is 13.8. The van der Waals surface area contributed by atoms with E-state index < -0.39 is 58.4 Å². The second-order valence-corrected chi connectivity index (χ2v) is 5.45. The van der Waals surface area contributed by atoms with Crippen LogP contribution in [0, 0.1) is 11.6 Å². The van der Waals surface area contributed by atoms with Crippen LogP contribution in [0.4, 0.5) is 27.6 Å². The van der Waals surface area contributed by atoms with Crippen LogP contribution in [-0.4, -0.2) is 29.6 Å². The number of aromatic nitrogens is 1. The van der Waals surface area contributed by atoms with Gasteiger partial charge in [0.15, 0.2) is 6.61 Å². The summed E-state index contributed by atoms with van der Waals surface area (Å²) in [5.41, 5.74) is 3.47. The molecular formula is C15H9ClF5N3O3. The molecule has 0 aliphatic carbocycles. The third kappa shape index (κ3) is 5.26. The number of hydrogen-bond donors (Lipinski definition) is 2. The number of nitrogens with zero attached hydrogens (tertiary/aromatic N) is 1. The van der Waals surface area contributed by atoms with Crippen LogP contribution in [0.25, 0.3) is 0 Å². The number of nitrogens with two attached hydrogens (primary N) is 1. The molecule has 0 atom stereocenters. The standard InChI is InChI=1S/C15H9ClF5N3O3/c16-8-1-6(4-23-14(8)27-5-15(19,20)21)13(26)24-11-2-7(12(22)25)9(17)3-10(11)18/h1-4H,5H2,(H2,22,25)(H,24,26). The van der Waals surface area contributed by atoms with Gasteiger partial charge in [0.05, 0.1) is 16.8 Å². The lowest BCUT2D eigenvalue weighted by atomic mass is 10.1. The van der Waals surface area contributed by atoms with Crippen molar-refractivity contribution in [3.63, 3.8) is 0 Å². The molecule has 1 aromatic heterocycles. The molecule has 0 radical (unpaired) electrons. The molecule has 12 heteroatoms. The molecule has 2 aromatic rings. The zero-order valence-corrected chi connectivity index (χ0v) is 13.8. The molecule has 144 valence electrons. The summed E-state index contributed by atoms with van der Waals surface area (Å²) >= 11 is 5.70. The van der Waals surface area contributed by atoms with E-state index in [0.29, 0.717) is 12.1 Å². The number of hydrogen-bond acceptors (Lipinski definition) is 4. The normalized spacial score (nSPS) is 11.2. The molecule has 0 fully saturated rings. The third-order valence-corrected chi connectivity index (χ3v) is 3.28. The highest BCUT2D eigenvalue weighted by molar-refractivity contribution is 6.32. The summed E-state index contributed by atoms with van der Waals surface area (Å²) in [5.74, 6) is -5.12. The topological polar surface area (TPSA) is 94.3 Å². The zero-order valence-electron chi connectivity index (χ0n) is 13.0. The van der Waals surface area contributed by atoms with E-state index in [1.807, 2.05) is 5.32 Å². The molecule has 1 aromatic carbocycles. The van der Waals surface area contributed by atoms with Crippen molar-refractivity contribution in [3.05, 3.63) is 52.2 Å². The SMILES string of the molecule is NC(=O)c1cc(NC(=O)c2cnc(OCC(F)(F)F)c(Cl)c2)c(F)cc1F. The quantitative estimate of drug-likeness (QED) is 0.741. The monoisotopic (exact) mass is 409 g/mol. The number of amides is 2. The number of ether oxygens (including phenoxy) is 1. The molecule has 2 amide bonds. The van der Waals surface area contributed by atoms with E-state index in [1.165, 1.54) is 0 Å². The summed E-state index contributed by atoms with van der Waals surface area (Å²) in [4.78, 5) is 26.7. The van der Waals surface area contributed by atoms with Crippen molar-refractivity contribution in [2.75, 3.05) is 11.9 Å². The minimum absolute atomic E-state index is 0.260. The first-order valence-electron chi connectivity index (χ1n) is 6.93. The van der Waals surface area contributed by atoms with E-state index in [-0.39, 0.29) is 5.56 Å². The van der Waals surface area contributed by atoms with Crippen molar-refractivity contribution in [2.45, 2.75) is 6.18 Å². The van der Waals surface area contributed by atoms with E-state index in [1.54, 1.807) is 0 Å². The number of pyridine rings is 1. The number of anilines is 1. The Bertz CT molecular complexity index is 905. The third-order valence-electron chi connectivity index (χ3n) is 3.01. The Morgan fingerprint density at radius 1 is 1.19 bits per heavy atom. The number of benzene rings is 1. The molecule has 0 aliphatic heterocycles. The number of rotatable bonds is 5. The molecule has 0 spiro atoms. The number of alkyl halides is 3. The summed E-state index contributed by atoms with van der Waals surface area (Å²) in [7, 11) is 0.